The van der Waals surface area contributed by atoms with E-state index in [1.54, 1.807) is 0 Å². The molecule has 2 unspecified atom stereocenters. The first kappa shape index (κ1) is 18.9. The highest BCUT2D eigenvalue weighted by molar-refractivity contribution is 6.92. The van der Waals surface area contributed by atoms with E-state index >= 15 is 0 Å². The quantitative estimate of drug-likeness (QED) is 0.500. The van der Waals surface area contributed by atoms with Gasteiger partial charge in [0.15, 0.2) is 8.32 Å². The molecule has 0 saturated heterocycles. The molecule has 3 heteroatoms. The summed E-state index contributed by atoms with van der Waals surface area (Å²) in [4.78, 5) is 0. The Morgan fingerprint density at radius 1 is 1.12 bits per heavy atom. The molecule has 2 bridgehead atoms. The van der Waals surface area contributed by atoms with Gasteiger partial charge in [0.05, 0.1) is 0 Å². The van der Waals surface area contributed by atoms with Gasteiger partial charge in [0.1, 0.15) is 0 Å². The first-order chi connectivity index (χ1) is 11.5. The van der Waals surface area contributed by atoms with Gasteiger partial charge in [0.2, 0.25) is 8.32 Å². The van der Waals surface area contributed by atoms with Crippen molar-refractivity contribution in [1.29, 1.82) is 0 Å². The Morgan fingerprint density at radius 2 is 1.76 bits per heavy atom. The number of hydrogen-bond donors (Lipinski definition) is 0. The summed E-state index contributed by atoms with van der Waals surface area (Å²) in [6, 6.07) is 9.96. The topological polar surface area (TPSA) is 9.23 Å². The minimum absolute atomic E-state index is 0.546. The molecule has 0 amide bonds. The van der Waals surface area contributed by atoms with Crippen LogP contribution in [0.2, 0.25) is 32.2 Å². The third kappa shape index (κ3) is 3.67. The Morgan fingerprint density at radius 3 is 2.24 bits per heavy atom. The van der Waals surface area contributed by atoms with E-state index in [1.807, 2.05) is 0 Å². The van der Waals surface area contributed by atoms with Crippen LogP contribution in [-0.2, 0) is 4.12 Å². The van der Waals surface area contributed by atoms with Gasteiger partial charge < -0.3 is 4.12 Å². The van der Waals surface area contributed by atoms with Crippen molar-refractivity contribution in [3.8, 4) is 12.3 Å². The van der Waals surface area contributed by atoms with E-state index in [0.29, 0.717) is 5.41 Å². The second kappa shape index (κ2) is 6.41. The second-order valence-electron chi connectivity index (χ2n) is 10.1. The molecule has 3 saturated carbocycles. The Bertz CT molecular complexity index is 663. The van der Waals surface area contributed by atoms with Crippen LogP contribution in [0.5, 0.6) is 0 Å². The number of fused-ring (bicyclic) bond motifs is 2. The zero-order chi connectivity index (χ0) is 18.5. The molecule has 0 spiro atoms. The molecule has 3 fully saturated rings. The average Bonchev–Trinajstić information content (AvgIpc) is 2.53. The number of hydrogen-bond acceptors (Lipinski definition) is 1. The van der Waals surface area contributed by atoms with Crippen LogP contribution >= 0.6 is 0 Å². The van der Waals surface area contributed by atoms with Crippen LogP contribution in [-0.4, -0.2) is 16.6 Å². The van der Waals surface area contributed by atoms with Crippen molar-refractivity contribution in [2.45, 2.75) is 65.3 Å². The fraction of sp³-hybridized carbons (Fsp3) is 0.636. The fourth-order valence-corrected chi connectivity index (χ4v) is 14.3. The lowest BCUT2D eigenvalue weighted by atomic mass is 9.46. The summed E-state index contributed by atoms with van der Waals surface area (Å²) in [6.07, 6.45) is 9.82. The van der Waals surface area contributed by atoms with E-state index in [0.717, 1.165) is 23.3 Å². The molecule has 0 aromatic heterocycles. The van der Waals surface area contributed by atoms with Crippen molar-refractivity contribution in [1.82, 2.24) is 0 Å². The molecule has 1 nitrogen and oxygen atoms in total. The minimum Gasteiger partial charge on any atom is -0.452 e. The van der Waals surface area contributed by atoms with Gasteiger partial charge >= 0.3 is 0 Å². The van der Waals surface area contributed by atoms with Gasteiger partial charge in [-0.3, -0.25) is 0 Å². The van der Waals surface area contributed by atoms with E-state index in [4.69, 9.17) is 10.5 Å². The molecule has 1 aromatic carbocycles. The molecular weight excluding hydrogens is 336 g/mol. The molecule has 4 rings (SSSR count). The summed E-state index contributed by atoms with van der Waals surface area (Å²) < 4.78 is 6.95. The summed E-state index contributed by atoms with van der Waals surface area (Å²) in [5.74, 6) is 5.44. The van der Waals surface area contributed by atoms with Crippen LogP contribution in [0.25, 0.3) is 0 Å². The van der Waals surface area contributed by atoms with Gasteiger partial charge in [-0.2, -0.15) is 0 Å². The van der Waals surface area contributed by atoms with Gasteiger partial charge in [-0.15, -0.1) is 6.42 Å². The largest absolute Gasteiger partial charge is 0.452 e. The smallest absolute Gasteiger partial charge is 0.209 e. The highest BCUT2D eigenvalue weighted by Gasteiger charge is 2.55. The number of rotatable bonds is 5. The van der Waals surface area contributed by atoms with Crippen LogP contribution in [0.1, 0.15) is 38.7 Å². The maximum Gasteiger partial charge on any atom is 0.209 e. The summed E-state index contributed by atoms with van der Waals surface area (Å²) >= 11 is 0. The zero-order valence-corrected chi connectivity index (χ0v) is 18.9. The SMILES string of the molecule is C#Cc1ccc([Si](C)(CC2CC[C@@H]3C[C@H]2C3(C)C)O[Si](C)(C)C)cc1. The molecule has 0 heterocycles. The molecule has 0 aliphatic heterocycles. The van der Waals surface area contributed by atoms with Crippen LogP contribution in [0.15, 0.2) is 24.3 Å². The third-order valence-corrected chi connectivity index (χ3v) is 14.0. The monoisotopic (exact) mass is 370 g/mol. The molecule has 0 N–H and O–H groups in total. The lowest BCUT2D eigenvalue weighted by Crippen LogP contribution is -2.59. The van der Waals surface area contributed by atoms with E-state index in [1.165, 1.54) is 30.5 Å². The Hall–Kier alpha value is -0.826. The third-order valence-electron chi connectivity index (χ3n) is 6.85. The summed E-state index contributed by atoms with van der Waals surface area (Å²) in [7, 11) is -3.58. The summed E-state index contributed by atoms with van der Waals surface area (Å²) in [5, 5.41) is 1.42. The van der Waals surface area contributed by atoms with Gasteiger partial charge in [0, 0.05) is 5.56 Å². The van der Waals surface area contributed by atoms with Crippen LogP contribution in [0, 0.1) is 35.5 Å². The summed E-state index contributed by atoms with van der Waals surface area (Å²) in [6.45, 7) is 14.4. The van der Waals surface area contributed by atoms with Crippen molar-refractivity contribution in [2.24, 2.45) is 23.2 Å². The molecule has 0 radical (unpaired) electrons. The van der Waals surface area contributed by atoms with Crippen molar-refractivity contribution in [2.75, 3.05) is 0 Å². The van der Waals surface area contributed by atoms with Crippen molar-refractivity contribution in [3.05, 3.63) is 29.8 Å². The zero-order valence-electron chi connectivity index (χ0n) is 16.9. The maximum atomic E-state index is 6.95. The van der Waals surface area contributed by atoms with Gasteiger partial charge in [0.25, 0.3) is 0 Å². The summed E-state index contributed by atoms with van der Waals surface area (Å²) in [5.41, 5.74) is 1.51. The molecule has 4 atom stereocenters. The van der Waals surface area contributed by atoms with Crippen LogP contribution in [0.4, 0.5) is 0 Å². The predicted octanol–water partition coefficient (Wildman–Crippen LogP) is 5.37. The number of terminal acetylenes is 1. The highest BCUT2D eigenvalue weighted by Crippen LogP contribution is 2.62. The van der Waals surface area contributed by atoms with E-state index in [-0.39, 0.29) is 0 Å². The van der Waals surface area contributed by atoms with E-state index in [2.05, 4.69) is 70.2 Å². The predicted molar refractivity (Wildman–Crippen MR) is 113 cm³/mol. The van der Waals surface area contributed by atoms with Gasteiger partial charge in [-0.05, 0) is 85.6 Å². The Labute approximate surface area is 156 Å². The standard InChI is InChI=1S/C22H34OSi2/c1-8-17-9-13-20(14-10-17)25(7,23-24(4,5)6)16-18-11-12-19-15-21(18)22(19,2)3/h1,9-10,13-14,18-19,21H,11-12,15-16H2,2-7H3/t18?,19-,21-,25?/m1/s1. The normalized spacial score (nSPS) is 30.0. The second-order valence-corrected chi connectivity index (χ2v) is 18.6. The lowest BCUT2D eigenvalue weighted by molar-refractivity contribution is -0.0994. The first-order valence-electron chi connectivity index (χ1n) is 9.82. The molecular formula is C22H34OSi2. The minimum atomic E-state index is -1.97. The van der Waals surface area contributed by atoms with Crippen molar-refractivity contribution < 1.29 is 4.12 Å². The molecule has 3 aliphatic carbocycles. The maximum absolute atomic E-state index is 6.95. The molecule has 3 aliphatic rings. The highest BCUT2D eigenvalue weighted by atomic mass is 28.4. The molecule has 25 heavy (non-hydrogen) atoms. The van der Waals surface area contributed by atoms with E-state index in [9.17, 15) is 0 Å². The van der Waals surface area contributed by atoms with Crippen LogP contribution in [0.3, 0.4) is 0 Å². The van der Waals surface area contributed by atoms with Crippen LogP contribution < -0.4 is 5.19 Å². The lowest BCUT2D eigenvalue weighted by Gasteiger charge is -2.61. The van der Waals surface area contributed by atoms with Gasteiger partial charge in [-0.25, -0.2) is 0 Å². The molecule has 136 valence electrons. The van der Waals surface area contributed by atoms with Gasteiger partial charge in [-0.1, -0.05) is 38.3 Å². The van der Waals surface area contributed by atoms with E-state index < -0.39 is 16.6 Å². The average molecular weight is 371 g/mol. The Kier molecular flexibility index (Phi) is 4.86. The first-order valence-corrected chi connectivity index (χ1v) is 15.8. The Balaban J connectivity index is 1.87. The fourth-order valence-electron chi connectivity index (χ4n) is 5.52. The van der Waals surface area contributed by atoms with Crippen molar-refractivity contribution in [3.63, 3.8) is 0 Å². The van der Waals surface area contributed by atoms with Crippen molar-refractivity contribution >= 4 is 21.8 Å². The molecule has 1 aromatic rings. The number of benzene rings is 1.